The van der Waals surface area contributed by atoms with E-state index in [4.69, 9.17) is 5.11 Å². The molecule has 0 aliphatic carbocycles. The summed E-state index contributed by atoms with van der Waals surface area (Å²) in [4.78, 5) is 32.5. The van der Waals surface area contributed by atoms with Crippen LogP contribution in [-0.4, -0.2) is 29.9 Å². The Morgan fingerprint density at radius 3 is 2.76 bits per heavy atom. The molecule has 0 spiro atoms. The van der Waals surface area contributed by atoms with Gasteiger partial charge in [0.05, 0.1) is 5.69 Å². The van der Waals surface area contributed by atoms with E-state index in [1.165, 1.54) is 25.1 Å². The Morgan fingerprint density at radius 2 is 2.18 bits per heavy atom. The third kappa shape index (κ3) is 3.94. The number of nitrogens with one attached hydrogen (secondary N) is 1. The summed E-state index contributed by atoms with van der Waals surface area (Å²) >= 11 is 0. The minimum absolute atomic E-state index is 0.0786. The zero-order valence-corrected chi connectivity index (χ0v) is 9.10. The molecule has 0 bridgehead atoms. The standard InChI is InChI=1S/C11H11NO5/c1-7(14)17-6-11(16)12-10-3-2-9(15)4-8(10)5-13/h2-5,15H,6H2,1H3,(H,12,16). The minimum Gasteiger partial charge on any atom is -0.508 e. The van der Waals surface area contributed by atoms with E-state index in [0.717, 1.165) is 0 Å². The van der Waals surface area contributed by atoms with Crippen molar-refractivity contribution < 1.29 is 24.2 Å². The fourth-order valence-electron chi connectivity index (χ4n) is 1.11. The average molecular weight is 237 g/mol. The number of hydrogen-bond donors (Lipinski definition) is 2. The maximum Gasteiger partial charge on any atom is 0.303 e. The number of benzene rings is 1. The summed E-state index contributed by atoms with van der Waals surface area (Å²) in [5, 5.41) is 11.5. The molecule has 0 heterocycles. The highest BCUT2D eigenvalue weighted by atomic mass is 16.5. The molecule has 0 saturated heterocycles. The summed E-state index contributed by atoms with van der Waals surface area (Å²) in [6.07, 6.45) is 0.501. The second kappa shape index (κ2) is 5.64. The topological polar surface area (TPSA) is 92.7 Å². The van der Waals surface area contributed by atoms with Crippen molar-refractivity contribution in [2.75, 3.05) is 11.9 Å². The first-order valence-electron chi connectivity index (χ1n) is 4.74. The fraction of sp³-hybridized carbons (Fsp3) is 0.182. The Kier molecular flexibility index (Phi) is 4.21. The van der Waals surface area contributed by atoms with Crippen LogP contribution in [0.2, 0.25) is 0 Å². The zero-order valence-electron chi connectivity index (χ0n) is 9.10. The molecule has 90 valence electrons. The van der Waals surface area contributed by atoms with Gasteiger partial charge < -0.3 is 15.2 Å². The SMILES string of the molecule is CC(=O)OCC(=O)Nc1ccc(O)cc1C=O. The Labute approximate surface area is 97.2 Å². The van der Waals surface area contributed by atoms with Gasteiger partial charge in [-0.2, -0.15) is 0 Å². The van der Waals surface area contributed by atoms with Crippen molar-refractivity contribution >= 4 is 23.9 Å². The van der Waals surface area contributed by atoms with E-state index in [0.29, 0.717) is 6.29 Å². The predicted octanol–water partition coefficient (Wildman–Crippen LogP) is 0.706. The molecule has 2 N–H and O–H groups in total. The van der Waals surface area contributed by atoms with Crippen molar-refractivity contribution in [3.63, 3.8) is 0 Å². The quantitative estimate of drug-likeness (QED) is 0.457. The molecule has 0 unspecified atom stereocenters. The molecule has 6 nitrogen and oxygen atoms in total. The van der Waals surface area contributed by atoms with Crippen LogP contribution in [0.3, 0.4) is 0 Å². The second-order valence-corrected chi connectivity index (χ2v) is 3.22. The van der Waals surface area contributed by atoms with Crippen molar-refractivity contribution in [1.29, 1.82) is 0 Å². The van der Waals surface area contributed by atoms with E-state index in [2.05, 4.69) is 10.1 Å². The van der Waals surface area contributed by atoms with Gasteiger partial charge in [-0.3, -0.25) is 14.4 Å². The first-order chi connectivity index (χ1) is 8.02. The van der Waals surface area contributed by atoms with Crippen LogP contribution >= 0.6 is 0 Å². The first-order valence-corrected chi connectivity index (χ1v) is 4.74. The van der Waals surface area contributed by atoms with Crippen molar-refractivity contribution in [1.82, 2.24) is 0 Å². The van der Waals surface area contributed by atoms with Crippen LogP contribution in [0.5, 0.6) is 5.75 Å². The lowest BCUT2D eigenvalue weighted by Crippen LogP contribution is -2.20. The summed E-state index contributed by atoms with van der Waals surface area (Å²) in [7, 11) is 0. The summed E-state index contributed by atoms with van der Waals surface area (Å²) < 4.78 is 4.48. The van der Waals surface area contributed by atoms with Crippen molar-refractivity contribution in [2.24, 2.45) is 0 Å². The Morgan fingerprint density at radius 1 is 1.47 bits per heavy atom. The molecule has 1 rings (SSSR count). The van der Waals surface area contributed by atoms with Gasteiger partial charge in [-0.1, -0.05) is 0 Å². The Hall–Kier alpha value is -2.37. The maximum atomic E-state index is 11.3. The van der Waals surface area contributed by atoms with Gasteiger partial charge in [-0.25, -0.2) is 0 Å². The number of esters is 1. The van der Waals surface area contributed by atoms with Gasteiger partial charge >= 0.3 is 5.97 Å². The minimum atomic E-state index is -0.568. The van der Waals surface area contributed by atoms with Crippen LogP contribution in [0, 0.1) is 0 Å². The number of ether oxygens (including phenoxy) is 1. The molecule has 6 heteroatoms. The number of amides is 1. The smallest absolute Gasteiger partial charge is 0.303 e. The van der Waals surface area contributed by atoms with E-state index >= 15 is 0 Å². The van der Waals surface area contributed by atoms with Crippen LogP contribution in [0.15, 0.2) is 18.2 Å². The lowest BCUT2D eigenvalue weighted by atomic mass is 10.2. The molecule has 0 aliphatic heterocycles. The maximum absolute atomic E-state index is 11.3. The van der Waals surface area contributed by atoms with Gasteiger partial charge in [0.15, 0.2) is 12.9 Å². The zero-order chi connectivity index (χ0) is 12.8. The molecule has 1 aromatic rings. The van der Waals surface area contributed by atoms with Gasteiger partial charge in [0.2, 0.25) is 0 Å². The molecule has 17 heavy (non-hydrogen) atoms. The number of aldehydes is 1. The van der Waals surface area contributed by atoms with E-state index in [9.17, 15) is 14.4 Å². The van der Waals surface area contributed by atoms with E-state index < -0.39 is 18.5 Å². The number of rotatable bonds is 4. The molecule has 0 radical (unpaired) electrons. The highest BCUT2D eigenvalue weighted by Crippen LogP contribution is 2.19. The van der Waals surface area contributed by atoms with Gasteiger partial charge in [0, 0.05) is 12.5 Å². The van der Waals surface area contributed by atoms with Crippen LogP contribution in [0.1, 0.15) is 17.3 Å². The van der Waals surface area contributed by atoms with Crippen molar-refractivity contribution in [3.8, 4) is 5.75 Å². The number of carbonyl (C=O) groups is 3. The Bertz CT molecular complexity index is 455. The molecular weight excluding hydrogens is 226 g/mol. The van der Waals surface area contributed by atoms with Crippen LogP contribution in [-0.2, 0) is 14.3 Å². The number of phenolic OH excluding ortho intramolecular Hbond substituents is 1. The molecule has 0 aromatic heterocycles. The second-order valence-electron chi connectivity index (χ2n) is 3.22. The third-order valence-electron chi connectivity index (χ3n) is 1.84. The molecule has 0 fully saturated rings. The van der Waals surface area contributed by atoms with Gasteiger partial charge in [0.1, 0.15) is 5.75 Å². The average Bonchev–Trinajstić information content (AvgIpc) is 2.28. The highest BCUT2D eigenvalue weighted by molar-refractivity contribution is 5.97. The van der Waals surface area contributed by atoms with E-state index in [1.54, 1.807) is 0 Å². The van der Waals surface area contributed by atoms with E-state index in [-0.39, 0.29) is 17.0 Å². The van der Waals surface area contributed by atoms with Crippen LogP contribution < -0.4 is 5.32 Å². The molecule has 0 aliphatic rings. The first kappa shape index (κ1) is 12.7. The van der Waals surface area contributed by atoms with Crippen molar-refractivity contribution in [3.05, 3.63) is 23.8 Å². The lowest BCUT2D eigenvalue weighted by Gasteiger charge is -2.07. The molecule has 1 aromatic carbocycles. The molecule has 1 amide bonds. The van der Waals surface area contributed by atoms with Gasteiger partial charge in [-0.05, 0) is 18.2 Å². The highest BCUT2D eigenvalue weighted by Gasteiger charge is 2.08. The summed E-state index contributed by atoms with van der Waals surface area (Å²) in [6, 6.07) is 3.92. The molecule has 0 saturated carbocycles. The largest absolute Gasteiger partial charge is 0.508 e. The van der Waals surface area contributed by atoms with Gasteiger partial charge in [0.25, 0.3) is 5.91 Å². The molecule has 0 atom stereocenters. The summed E-state index contributed by atoms with van der Waals surface area (Å²) in [5.74, 6) is -1.21. The number of hydrogen-bond acceptors (Lipinski definition) is 5. The van der Waals surface area contributed by atoms with Crippen LogP contribution in [0.25, 0.3) is 0 Å². The van der Waals surface area contributed by atoms with Crippen molar-refractivity contribution in [2.45, 2.75) is 6.92 Å². The van der Waals surface area contributed by atoms with Gasteiger partial charge in [-0.15, -0.1) is 0 Å². The number of carbonyl (C=O) groups excluding carboxylic acids is 3. The normalized spacial score (nSPS) is 9.47. The number of aromatic hydroxyl groups is 1. The Balaban J connectivity index is 2.71. The summed E-state index contributed by atoms with van der Waals surface area (Å²) in [6.45, 7) is 0.763. The third-order valence-corrected chi connectivity index (χ3v) is 1.84. The monoisotopic (exact) mass is 237 g/mol. The number of phenols is 1. The fourth-order valence-corrected chi connectivity index (χ4v) is 1.11. The summed E-state index contributed by atoms with van der Waals surface area (Å²) in [5.41, 5.74) is 0.385. The van der Waals surface area contributed by atoms with E-state index in [1.807, 2.05) is 0 Å². The molecular formula is C11H11NO5. The van der Waals surface area contributed by atoms with Crippen LogP contribution in [0.4, 0.5) is 5.69 Å². The predicted molar refractivity (Wildman–Crippen MR) is 58.8 cm³/mol. The lowest BCUT2D eigenvalue weighted by molar-refractivity contribution is -0.144. The number of anilines is 1.